The molecule has 0 aromatic heterocycles. The molecule has 6 heteroatoms. The first-order valence-electron chi connectivity index (χ1n) is 13.0. The van der Waals surface area contributed by atoms with Gasteiger partial charge in [0.25, 0.3) is 0 Å². The van der Waals surface area contributed by atoms with Crippen LogP contribution in [0.1, 0.15) is 79.2 Å². The summed E-state index contributed by atoms with van der Waals surface area (Å²) in [5.74, 6) is 0.690. The van der Waals surface area contributed by atoms with Gasteiger partial charge in [-0.2, -0.15) is 0 Å². The van der Waals surface area contributed by atoms with Crippen LogP contribution in [-0.4, -0.2) is 55.2 Å². The molecule has 6 nitrogen and oxygen atoms in total. The predicted octanol–water partition coefficient (Wildman–Crippen LogP) is 6.21. The number of aliphatic hydroxyl groups excluding tert-OH is 1. The van der Waals surface area contributed by atoms with Crippen molar-refractivity contribution in [3.8, 4) is 5.75 Å². The van der Waals surface area contributed by atoms with Gasteiger partial charge < -0.3 is 19.5 Å². The van der Waals surface area contributed by atoms with Crippen LogP contribution in [0.5, 0.6) is 5.75 Å². The van der Waals surface area contributed by atoms with Crippen LogP contribution in [-0.2, 0) is 9.59 Å². The van der Waals surface area contributed by atoms with E-state index < -0.39 is 0 Å². The van der Waals surface area contributed by atoms with Crippen molar-refractivity contribution in [3.05, 3.63) is 53.3 Å². The van der Waals surface area contributed by atoms with Gasteiger partial charge in [0.2, 0.25) is 5.91 Å². The molecule has 202 valence electrons. The second-order valence-corrected chi connectivity index (χ2v) is 9.04. The Bertz CT molecular complexity index is 871. The smallest absolute Gasteiger partial charge is 0.250 e. The summed E-state index contributed by atoms with van der Waals surface area (Å²) < 4.78 is 5.26. The molecule has 1 aromatic rings. The van der Waals surface area contributed by atoms with Crippen LogP contribution < -0.4 is 4.74 Å². The summed E-state index contributed by atoms with van der Waals surface area (Å²) >= 11 is 0. The molecule has 1 aliphatic heterocycles. The molecule has 0 saturated carbocycles. The van der Waals surface area contributed by atoms with Crippen LogP contribution in [0.4, 0.5) is 0 Å². The molecule has 3 atom stereocenters. The predicted molar refractivity (Wildman–Crippen MR) is 151 cm³/mol. The number of allylic oxidation sites excluding steroid dienone is 2. The summed E-state index contributed by atoms with van der Waals surface area (Å²) in [5.41, 5.74) is 3.90. The number of aliphatic imine (C=N–C) groups is 1. The molecule has 36 heavy (non-hydrogen) atoms. The average molecular weight is 501 g/mol. The Kier molecular flexibility index (Phi) is 17.1. The van der Waals surface area contributed by atoms with E-state index >= 15 is 0 Å². The molecule has 1 N–H and O–H groups in total. The Balaban J connectivity index is 0.00000227. The second-order valence-electron chi connectivity index (χ2n) is 9.04. The maximum Gasteiger partial charge on any atom is 0.250 e. The largest absolute Gasteiger partial charge is 0.497 e. The van der Waals surface area contributed by atoms with E-state index in [9.17, 15) is 9.59 Å². The van der Waals surface area contributed by atoms with Crippen molar-refractivity contribution in [1.29, 1.82) is 0 Å². The van der Waals surface area contributed by atoms with Crippen molar-refractivity contribution >= 4 is 17.9 Å². The Labute approximate surface area is 219 Å². The number of aldehydes is 1. The van der Waals surface area contributed by atoms with Gasteiger partial charge in [0.1, 0.15) is 12.0 Å². The maximum atomic E-state index is 13.7. The topological polar surface area (TPSA) is 79.2 Å². The summed E-state index contributed by atoms with van der Waals surface area (Å²) in [5, 5.41) is 7.00. The second kappa shape index (κ2) is 18.5. The highest BCUT2D eigenvalue weighted by Gasteiger charge is 2.34. The monoisotopic (exact) mass is 500 g/mol. The van der Waals surface area contributed by atoms with E-state index in [0.717, 1.165) is 54.4 Å². The normalized spacial score (nSPS) is 19.3. The Hall–Kier alpha value is -2.73. The molecule has 3 unspecified atom stereocenters. The first-order chi connectivity index (χ1) is 17.3. The van der Waals surface area contributed by atoms with Gasteiger partial charge in [0.05, 0.1) is 7.11 Å². The number of benzene rings is 1. The van der Waals surface area contributed by atoms with Gasteiger partial charge in [0, 0.05) is 55.4 Å². The summed E-state index contributed by atoms with van der Waals surface area (Å²) in [7, 11) is 2.64. The molecule has 1 aromatic carbocycles. The van der Waals surface area contributed by atoms with Gasteiger partial charge in [-0.25, -0.2) is 0 Å². The standard InChI is InChI=1S/C26H36N2O3.C3H8.CH4O/c1-7-13-27-20(5)19(4)25(18(3)8-2)26(30)28-15-21(17-29)14-23(16-28)22-9-11-24(31-6)12-10-22;1-3-2;1-2/h7,9-13,17,19,21,23H,8,14-16H2,1-6H3;3H2,1-2H3;2H,1H3/b13-7-,25-18-,27-20?;;. The molecule has 0 bridgehead atoms. The number of hydrogen-bond donors (Lipinski definition) is 1. The highest BCUT2D eigenvalue weighted by atomic mass is 16.5. The third kappa shape index (κ3) is 10.1. The van der Waals surface area contributed by atoms with Crippen molar-refractivity contribution in [2.75, 3.05) is 27.3 Å². The number of carbonyl (C=O) groups excluding carboxylic acids is 2. The fraction of sp³-hybridized carbons (Fsp3) is 0.567. The van der Waals surface area contributed by atoms with Gasteiger partial charge in [-0.15, -0.1) is 0 Å². The van der Waals surface area contributed by atoms with E-state index in [1.807, 2.05) is 62.9 Å². The van der Waals surface area contributed by atoms with E-state index in [1.165, 1.54) is 6.42 Å². The van der Waals surface area contributed by atoms with E-state index in [-0.39, 0.29) is 23.7 Å². The summed E-state index contributed by atoms with van der Waals surface area (Å²) in [6.45, 7) is 15.3. The fourth-order valence-corrected chi connectivity index (χ4v) is 4.13. The maximum absolute atomic E-state index is 13.7. The van der Waals surface area contributed by atoms with Gasteiger partial charge in [-0.3, -0.25) is 9.79 Å². The number of aliphatic hydroxyl groups is 1. The van der Waals surface area contributed by atoms with Crippen LogP contribution in [0, 0.1) is 11.8 Å². The van der Waals surface area contributed by atoms with Crippen LogP contribution in [0.2, 0.25) is 0 Å². The fourth-order valence-electron chi connectivity index (χ4n) is 4.13. The summed E-state index contributed by atoms with van der Waals surface area (Å²) in [6, 6.07) is 7.93. The van der Waals surface area contributed by atoms with Gasteiger partial charge in [-0.05, 0) is 51.3 Å². The molecular formula is C30H48N2O4. The third-order valence-corrected chi connectivity index (χ3v) is 6.26. The van der Waals surface area contributed by atoms with Gasteiger partial charge >= 0.3 is 0 Å². The number of likely N-dealkylation sites (tertiary alicyclic amines) is 1. The van der Waals surface area contributed by atoms with Crippen LogP contribution in [0.15, 0.2) is 52.7 Å². The summed E-state index contributed by atoms with van der Waals surface area (Å²) in [4.78, 5) is 31.8. The van der Waals surface area contributed by atoms with E-state index in [0.29, 0.717) is 13.1 Å². The third-order valence-electron chi connectivity index (χ3n) is 6.26. The van der Waals surface area contributed by atoms with E-state index in [2.05, 4.69) is 25.8 Å². The minimum Gasteiger partial charge on any atom is -0.497 e. The lowest BCUT2D eigenvalue weighted by Gasteiger charge is -2.37. The van der Waals surface area contributed by atoms with Crippen molar-refractivity contribution in [1.82, 2.24) is 4.90 Å². The Morgan fingerprint density at radius 2 is 1.75 bits per heavy atom. The molecule has 0 aliphatic carbocycles. The van der Waals surface area contributed by atoms with Gasteiger partial charge in [-0.1, -0.05) is 57.9 Å². The van der Waals surface area contributed by atoms with E-state index in [1.54, 1.807) is 13.3 Å². The first kappa shape index (κ1) is 33.3. The zero-order valence-electron chi connectivity index (χ0n) is 23.9. The van der Waals surface area contributed by atoms with Crippen molar-refractivity contribution < 1.29 is 19.4 Å². The van der Waals surface area contributed by atoms with Crippen LogP contribution in [0.25, 0.3) is 0 Å². The number of hydrogen-bond acceptors (Lipinski definition) is 5. The Morgan fingerprint density at radius 1 is 1.17 bits per heavy atom. The highest BCUT2D eigenvalue weighted by Crippen LogP contribution is 2.33. The van der Waals surface area contributed by atoms with Crippen LogP contribution in [0.3, 0.4) is 0 Å². The molecule has 1 amide bonds. The molecule has 1 saturated heterocycles. The zero-order chi connectivity index (χ0) is 27.7. The minimum absolute atomic E-state index is 0.0203. The number of amides is 1. The zero-order valence-corrected chi connectivity index (χ0v) is 23.9. The molecule has 1 fully saturated rings. The number of piperidine rings is 1. The molecule has 1 heterocycles. The number of ether oxygens (including phenoxy) is 1. The quantitative estimate of drug-likeness (QED) is 0.261. The number of carbonyl (C=O) groups is 2. The lowest BCUT2D eigenvalue weighted by molar-refractivity contribution is -0.130. The highest BCUT2D eigenvalue weighted by molar-refractivity contribution is 6.02. The van der Waals surface area contributed by atoms with Crippen LogP contribution >= 0.6 is 0 Å². The number of methoxy groups -OCH3 is 1. The molecule has 1 aliphatic rings. The van der Waals surface area contributed by atoms with E-state index in [4.69, 9.17) is 9.84 Å². The molecule has 0 radical (unpaired) electrons. The number of nitrogens with zero attached hydrogens (tertiary/aromatic N) is 2. The first-order valence-corrected chi connectivity index (χ1v) is 13.0. The molecular weight excluding hydrogens is 452 g/mol. The van der Waals surface area contributed by atoms with Crippen molar-refractivity contribution in [3.63, 3.8) is 0 Å². The number of rotatable bonds is 8. The van der Waals surface area contributed by atoms with Crippen molar-refractivity contribution in [2.24, 2.45) is 16.8 Å². The van der Waals surface area contributed by atoms with Gasteiger partial charge in [0.15, 0.2) is 0 Å². The molecule has 0 spiro atoms. The SMILES string of the molecule is C/C=C\N=C(C)C(C)/C(C(=O)N1CC(C=O)CC(c2ccc(OC)cc2)C1)=C(\C)CC.CCC.CO. The average Bonchev–Trinajstić information content (AvgIpc) is 2.92. The summed E-state index contributed by atoms with van der Waals surface area (Å²) in [6.07, 6.45) is 7.44. The molecule has 2 rings (SSSR count). The minimum atomic E-state index is -0.166. The lowest BCUT2D eigenvalue weighted by Crippen LogP contribution is -2.45. The Morgan fingerprint density at radius 3 is 2.22 bits per heavy atom. The lowest BCUT2D eigenvalue weighted by atomic mass is 9.83. The van der Waals surface area contributed by atoms with Crippen molar-refractivity contribution in [2.45, 2.75) is 73.6 Å².